The van der Waals surface area contributed by atoms with Gasteiger partial charge in [-0.2, -0.15) is 0 Å². The van der Waals surface area contributed by atoms with Crippen molar-refractivity contribution in [1.82, 2.24) is 10.6 Å². The van der Waals surface area contributed by atoms with Crippen molar-refractivity contribution in [2.75, 3.05) is 18.5 Å². The molecule has 0 spiro atoms. The van der Waals surface area contributed by atoms with Crippen molar-refractivity contribution in [2.45, 2.75) is 64.2 Å². The number of aliphatic hydroxyl groups is 1. The fourth-order valence-electron chi connectivity index (χ4n) is 4.87. The third-order valence-electron chi connectivity index (χ3n) is 7.10. The van der Waals surface area contributed by atoms with Crippen LogP contribution in [0.4, 0.5) is 5.69 Å². The van der Waals surface area contributed by atoms with Crippen molar-refractivity contribution in [3.05, 3.63) is 63.6 Å². The lowest BCUT2D eigenvalue weighted by Gasteiger charge is -2.29. The summed E-state index contributed by atoms with van der Waals surface area (Å²) in [4.78, 5) is 50.1. The van der Waals surface area contributed by atoms with E-state index >= 15 is 0 Å². The quantitative estimate of drug-likeness (QED) is 0.202. The molecular formula is C29H35Cl2N3O7. The van der Waals surface area contributed by atoms with Crippen molar-refractivity contribution in [3.8, 4) is 0 Å². The summed E-state index contributed by atoms with van der Waals surface area (Å²) in [5.74, 6) is -2.23. The molecule has 41 heavy (non-hydrogen) atoms. The summed E-state index contributed by atoms with van der Waals surface area (Å²) in [6.07, 6.45) is 2.46. The van der Waals surface area contributed by atoms with Gasteiger partial charge in [0.25, 0.3) is 5.91 Å². The first-order valence-electron chi connectivity index (χ1n) is 13.5. The average molecular weight is 609 g/mol. The Balaban J connectivity index is 1.57. The van der Waals surface area contributed by atoms with Crippen LogP contribution in [0.3, 0.4) is 0 Å². The molecule has 1 aliphatic rings. The third-order valence-corrected chi connectivity index (χ3v) is 7.73. The molecule has 12 heteroatoms. The summed E-state index contributed by atoms with van der Waals surface area (Å²) in [6.45, 7) is 1.81. The molecule has 0 saturated heterocycles. The van der Waals surface area contributed by atoms with E-state index in [-0.39, 0.29) is 53.4 Å². The number of carbonyl (C=O) groups excluding carboxylic acids is 3. The first-order valence-corrected chi connectivity index (χ1v) is 14.2. The fourth-order valence-corrected chi connectivity index (χ4v) is 5.44. The molecule has 0 heterocycles. The highest BCUT2D eigenvalue weighted by Crippen LogP contribution is 2.41. The molecule has 3 amide bonds. The van der Waals surface area contributed by atoms with Gasteiger partial charge in [-0.25, -0.2) is 4.79 Å². The minimum Gasteiger partial charge on any atom is -0.480 e. The number of rotatable bonds is 14. The number of hydrogen-bond acceptors (Lipinski definition) is 6. The van der Waals surface area contributed by atoms with Gasteiger partial charge in [0.2, 0.25) is 11.8 Å². The molecule has 2 aromatic rings. The van der Waals surface area contributed by atoms with Crippen molar-refractivity contribution in [3.63, 3.8) is 0 Å². The number of carboxylic acid groups (broad SMARTS) is 1. The Morgan fingerprint density at radius 3 is 2.24 bits per heavy atom. The summed E-state index contributed by atoms with van der Waals surface area (Å²) >= 11 is 12.2. The number of anilines is 1. The van der Waals surface area contributed by atoms with E-state index in [2.05, 4.69) is 16.0 Å². The highest BCUT2D eigenvalue weighted by Gasteiger charge is 2.42. The Morgan fingerprint density at radius 1 is 1.02 bits per heavy atom. The highest BCUT2D eigenvalue weighted by molar-refractivity contribution is 6.40. The predicted octanol–water partition coefficient (Wildman–Crippen LogP) is 4.17. The van der Waals surface area contributed by atoms with E-state index in [0.717, 1.165) is 12.8 Å². The number of carboxylic acids is 1. The molecule has 5 N–H and O–H groups in total. The number of halogens is 2. The number of benzene rings is 2. The smallest absolute Gasteiger partial charge is 0.326 e. The van der Waals surface area contributed by atoms with Gasteiger partial charge in [0.15, 0.2) is 6.29 Å². The first-order chi connectivity index (χ1) is 19.5. The van der Waals surface area contributed by atoms with Gasteiger partial charge in [-0.3, -0.25) is 14.4 Å². The van der Waals surface area contributed by atoms with Crippen LogP contribution < -0.4 is 16.0 Å². The highest BCUT2D eigenvalue weighted by atomic mass is 35.5. The van der Waals surface area contributed by atoms with Gasteiger partial charge in [-0.05, 0) is 56.0 Å². The molecule has 1 saturated carbocycles. The molecule has 2 aromatic carbocycles. The largest absolute Gasteiger partial charge is 0.480 e. The molecule has 3 rings (SSSR count). The fraction of sp³-hybridized carbons (Fsp3) is 0.448. The monoisotopic (exact) mass is 607 g/mol. The van der Waals surface area contributed by atoms with E-state index in [4.69, 9.17) is 33.0 Å². The zero-order chi connectivity index (χ0) is 30.0. The Bertz CT molecular complexity index is 1210. The number of hydrogen-bond donors (Lipinski definition) is 5. The van der Waals surface area contributed by atoms with E-state index in [1.54, 1.807) is 42.5 Å². The Hall–Kier alpha value is -3.18. The summed E-state index contributed by atoms with van der Waals surface area (Å²) in [5.41, 5.74) is 0.513. The molecule has 1 aliphatic carbocycles. The second-order valence-corrected chi connectivity index (χ2v) is 10.9. The van der Waals surface area contributed by atoms with E-state index < -0.39 is 29.6 Å². The molecule has 0 bridgehead atoms. The predicted molar refractivity (Wildman–Crippen MR) is 155 cm³/mol. The van der Waals surface area contributed by atoms with Crippen LogP contribution in [0.2, 0.25) is 10.0 Å². The van der Waals surface area contributed by atoms with Gasteiger partial charge < -0.3 is 30.9 Å². The van der Waals surface area contributed by atoms with Crippen molar-refractivity contribution in [2.24, 2.45) is 5.41 Å². The third kappa shape index (κ3) is 9.43. The van der Waals surface area contributed by atoms with E-state index in [1.807, 2.05) is 0 Å². The molecule has 1 unspecified atom stereocenters. The maximum absolute atomic E-state index is 13.4. The summed E-state index contributed by atoms with van der Waals surface area (Å²) in [7, 11) is 0. The maximum Gasteiger partial charge on any atom is 0.326 e. The lowest BCUT2D eigenvalue weighted by molar-refractivity contribution is -0.144. The molecule has 0 radical (unpaired) electrons. The summed E-state index contributed by atoms with van der Waals surface area (Å²) in [5, 5.41) is 27.6. The SMILES string of the molecule is CC(O)OCCC(=O)NCCC1(C(=O)N[C@@H](Cc2ccc(NC(=O)c3c(Cl)cccc3Cl)cc2)C(=O)O)CCCC1. The number of aliphatic carboxylic acids is 1. The van der Waals surface area contributed by atoms with Gasteiger partial charge in [-0.1, -0.05) is 54.2 Å². The zero-order valence-electron chi connectivity index (χ0n) is 22.8. The lowest BCUT2D eigenvalue weighted by Crippen LogP contribution is -2.49. The number of amides is 3. The van der Waals surface area contributed by atoms with Gasteiger partial charge in [-0.15, -0.1) is 0 Å². The topological polar surface area (TPSA) is 154 Å². The maximum atomic E-state index is 13.4. The van der Waals surface area contributed by atoms with Gasteiger partial charge >= 0.3 is 5.97 Å². The van der Waals surface area contributed by atoms with Crippen LogP contribution in [-0.4, -0.2) is 59.4 Å². The number of aliphatic hydroxyl groups excluding tert-OH is 1. The molecular weight excluding hydrogens is 573 g/mol. The molecule has 2 atom stereocenters. The van der Waals surface area contributed by atoms with Crippen LogP contribution >= 0.6 is 23.2 Å². The minimum absolute atomic E-state index is 0.0434. The van der Waals surface area contributed by atoms with Gasteiger partial charge in [0.1, 0.15) is 6.04 Å². The summed E-state index contributed by atoms with van der Waals surface area (Å²) in [6, 6.07) is 10.2. The van der Waals surface area contributed by atoms with Crippen LogP contribution in [-0.2, 0) is 25.5 Å². The van der Waals surface area contributed by atoms with Crippen LogP contribution in [0, 0.1) is 5.41 Å². The second-order valence-electron chi connectivity index (χ2n) is 10.1. The zero-order valence-corrected chi connectivity index (χ0v) is 24.3. The Labute approximate surface area is 248 Å². The second kappa shape index (κ2) is 15.2. The van der Waals surface area contributed by atoms with Crippen molar-refractivity contribution < 1.29 is 34.1 Å². The van der Waals surface area contributed by atoms with Crippen LogP contribution in [0.15, 0.2) is 42.5 Å². The van der Waals surface area contributed by atoms with E-state index in [1.165, 1.54) is 6.92 Å². The molecule has 10 nitrogen and oxygen atoms in total. The molecule has 1 fully saturated rings. The number of carbonyl (C=O) groups is 4. The van der Waals surface area contributed by atoms with Gasteiger partial charge in [0, 0.05) is 18.7 Å². The molecule has 0 aromatic heterocycles. The van der Waals surface area contributed by atoms with E-state index in [9.17, 15) is 24.3 Å². The van der Waals surface area contributed by atoms with Crippen LogP contribution in [0.5, 0.6) is 0 Å². The standard InChI is InChI=1S/C29H35Cl2N3O7/c1-18(35)41-16-11-24(36)32-15-14-29(12-2-3-13-29)28(40)34-23(27(38)39)17-19-7-9-20(10-8-19)33-26(37)25-21(30)5-4-6-22(25)31/h4-10,18,23,35H,2-3,11-17H2,1H3,(H,32,36)(H,33,37)(H,34,40)(H,38,39)/t18?,23-/m0/s1. The van der Waals surface area contributed by atoms with Crippen LogP contribution in [0.1, 0.15) is 61.4 Å². The Morgan fingerprint density at radius 2 is 1.66 bits per heavy atom. The number of nitrogens with one attached hydrogen (secondary N) is 3. The minimum atomic E-state index is -1.16. The van der Waals surface area contributed by atoms with E-state index in [0.29, 0.717) is 30.5 Å². The van der Waals surface area contributed by atoms with Crippen molar-refractivity contribution in [1.29, 1.82) is 0 Å². The van der Waals surface area contributed by atoms with Crippen LogP contribution in [0.25, 0.3) is 0 Å². The first kappa shape index (κ1) is 32.3. The van der Waals surface area contributed by atoms with Crippen molar-refractivity contribution >= 4 is 52.6 Å². The molecule has 222 valence electrons. The average Bonchev–Trinajstić information content (AvgIpc) is 3.39. The summed E-state index contributed by atoms with van der Waals surface area (Å²) < 4.78 is 4.96. The lowest BCUT2D eigenvalue weighted by atomic mass is 9.81. The Kier molecular flexibility index (Phi) is 12.0. The van der Waals surface area contributed by atoms with Gasteiger partial charge in [0.05, 0.1) is 34.1 Å². The normalized spacial score (nSPS) is 15.5. The molecule has 0 aliphatic heterocycles. The number of ether oxygens (including phenoxy) is 1.